The van der Waals surface area contributed by atoms with Crippen LogP contribution >= 0.6 is 0 Å². The first-order valence-electron chi connectivity index (χ1n) is 6.51. The van der Waals surface area contributed by atoms with Gasteiger partial charge in [0.15, 0.2) is 0 Å². The molecule has 0 fully saturated rings. The van der Waals surface area contributed by atoms with Gasteiger partial charge in [-0.15, -0.1) is 0 Å². The third-order valence-electron chi connectivity index (χ3n) is 2.58. The monoisotopic (exact) mass is 244 g/mol. The van der Waals surface area contributed by atoms with Crippen LogP contribution in [0.15, 0.2) is 0 Å². The standard InChI is InChI=1S/C13H24O4/c1-3-5-6-8-11(7-4-2)17-13(16)10-9-12(14)15/h11H,3-10H2,1-2H3,(H,14,15)/t11-/m0/s1. The molecule has 0 radical (unpaired) electrons. The molecule has 0 aliphatic carbocycles. The number of carbonyl (C=O) groups excluding carboxylic acids is 1. The molecule has 0 aliphatic heterocycles. The van der Waals surface area contributed by atoms with E-state index >= 15 is 0 Å². The van der Waals surface area contributed by atoms with E-state index in [2.05, 4.69) is 13.8 Å². The van der Waals surface area contributed by atoms with Crippen molar-refractivity contribution in [3.63, 3.8) is 0 Å². The minimum atomic E-state index is -0.958. The van der Waals surface area contributed by atoms with Crippen molar-refractivity contribution in [1.29, 1.82) is 0 Å². The summed E-state index contributed by atoms with van der Waals surface area (Å²) in [6.45, 7) is 4.19. The number of rotatable bonds is 10. The van der Waals surface area contributed by atoms with Gasteiger partial charge in [0, 0.05) is 0 Å². The van der Waals surface area contributed by atoms with Gasteiger partial charge in [-0.2, -0.15) is 0 Å². The predicted octanol–water partition coefficient (Wildman–Crippen LogP) is 3.14. The lowest BCUT2D eigenvalue weighted by Crippen LogP contribution is -2.18. The largest absolute Gasteiger partial charge is 0.481 e. The normalized spacial score (nSPS) is 12.1. The maximum absolute atomic E-state index is 11.4. The molecule has 4 heteroatoms. The molecule has 17 heavy (non-hydrogen) atoms. The summed E-state index contributed by atoms with van der Waals surface area (Å²) < 4.78 is 5.29. The molecule has 0 bridgehead atoms. The van der Waals surface area contributed by atoms with Gasteiger partial charge in [-0.05, 0) is 19.3 Å². The average Bonchev–Trinajstić information content (AvgIpc) is 2.27. The number of aliphatic carboxylic acids is 1. The maximum Gasteiger partial charge on any atom is 0.306 e. The Bertz CT molecular complexity index is 225. The van der Waals surface area contributed by atoms with E-state index in [-0.39, 0.29) is 24.9 Å². The third-order valence-corrected chi connectivity index (χ3v) is 2.58. The molecule has 4 nitrogen and oxygen atoms in total. The van der Waals surface area contributed by atoms with Gasteiger partial charge in [0.25, 0.3) is 0 Å². The molecule has 1 atom stereocenters. The van der Waals surface area contributed by atoms with E-state index in [1.807, 2.05) is 0 Å². The van der Waals surface area contributed by atoms with Crippen molar-refractivity contribution in [2.24, 2.45) is 0 Å². The summed E-state index contributed by atoms with van der Waals surface area (Å²) in [5, 5.41) is 8.47. The SMILES string of the molecule is CCCCC[C@H](CCC)OC(=O)CCC(=O)O. The first-order chi connectivity index (χ1) is 8.10. The van der Waals surface area contributed by atoms with Crippen LogP contribution in [0.2, 0.25) is 0 Å². The van der Waals surface area contributed by atoms with E-state index in [1.165, 1.54) is 0 Å². The first kappa shape index (κ1) is 15.9. The number of hydrogen-bond donors (Lipinski definition) is 1. The molecule has 0 rings (SSSR count). The van der Waals surface area contributed by atoms with Crippen LogP contribution in [0.5, 0.6) is 0 Å². The molecule has 0 aromatic rings. The predicted molar refractivity (Wildman–Crippen MR) is 65.8 cm³/mol. The Morgan fingerprint density at radius 2 is 1.76 bits per heavy atom. The van der Waals surface area contributed by atoms with Crippen molar-refractivity contribution < 1.29 is 19.4 Å². The van der Waals surface area contributed by atoms with Gasteiger partial charge in [-0.1, -0.05) is 33.1 Å². The lowest BCUT2D eigenvalue weighted by molar-refractivity contribution is -0.152. The van der Waals surface area contributed by atoms with Crippen LogP contribution in [0.1, 0.15) is 65.2 Å². The Hall–Kier alpha value is -1.06. The van der Waals surface area contributed by atoms with Crippen LogP contribution in [0, 0.1) is 0 Å². The number of carbonyl (C=O) groups is 2. The molecule has 0 aliphatic rings. The molecule has 1 N–H and O–H groups in total. The van der Waals surface area contributed by atoms with Crippen molar-refractivity contribution in [2.75, 3.05) is 0 Å². The van der Waals surface area contributed by atoms with Gasteiger partial charge in [0.2, 0.25) is 0 Å². The quantitative estimate of drug-likeness (QED) is 0.473. The molecule has 0 heterocycles. The van der Waals surface area contributed by atoms with Crippen molar-refractivity contribution in [1.82, 2.24) is 0 Å². The Morgan fingerprint density at radius 1 is 1.06 bits per heavy atom. The van der Waals surface area contributed by atoms with Gasteiger partial charge in [-0.3, -0.25) is 9.59 Å². The second-order valence-corrected chi connectivity index (χ2v) is 4.29. The topological polar surface area (TPSA) is 63.6 Å². The third kappa shape index (κ3) is 9.85. The van der Waals surface area contributed by atoms with Crippen LogP contribution < -0.4 is 0 Å². The van der Waals surface area contributed by atoms with Gasteiger partial charge >= 0.3 is 11.9 Å². The minimum absolute atomic E-state index is 0.0245. The smallest absolute Gasteiger partial charge is 0.306 e. The fourth-order valence-corrected chi connectivity index (χ4v) is 1.66. The van der Waals surface area contributed by atoms with Crippen LogP contribution in [-0.4, -0.2) is 23.1 Å². The number of carboxylic acids is 1. The van der Waals surface area contributed by atoms with E-state index in [0.29, 0.717) is 0 Å². The number of carboxylic acid groups (broad SMARTS) is 1. The van der Waals surface area contributed by atoms with Gasteiger partial charge in [0.1, 0.15) is 6.10 Å². The van der Waals surface area contributed by atoms with Gasteiger partial charge in [0.05, 0.1) is 12.8 Å². The van der Waals surface area contributed by atoms with Crippen LogP contribution in [0.3, 0.4) is 0 Å². The summed E-state index contributed by atoms with van der Waals surface area (Å²) in [6, 6.07) is 0. The molecule has 0 amide bonds. The van der Waals surface area contributed by atoms with Crippen molar-refractivity contribution >= 4 is 11.9 Å². The second kappa shape index (κ2) is 10.1. The summed E-state index contributed by atoms with van der Waals surface area (Å²) in [6.07, 6.45) is 5.88. The fourth-order valence-electron chi connectivity index (χ4n) is 1.66. The fraction of sp³-hybridized carbons (Fsp3) is 0.846. The molecule has 100 valence electrons. The number of hydrogen-bond acceptors (Lipinski definition) is 3. The molecular formula is C13H24O4. The summed E-state index contributed by atoms with van der Waals surface area (Å²) in [5.41, 5.74) is 0. The van der Waals surface area contributed by atoms with Crippen LogP contribution in [0.25, 0.3) is 0 Å². The van der Waals surface area contributed by atoms with Gasteiger partial charge in [-0.25, -0.2) is 0 Å². The summed E-state index contributed by atoms with van der Waals surface area (Å²) in [4.78, 5) is 21.7. The molecule has 0 aromatic carbocycles. The van der Waals surface area contributed by atoms with E-state index in [4.69, 9.17) is 9.84 Å². The van der Waals surface area contributed by atoms with E-state index in [1.54, 1.807) is 0 Å². The Kier molecular flexibility index (Phi) is 9.49. The average molecular weight is 244 g/mol. The lowest BCUT2D eigenvalue weighted by atomic mass is 10.1. The Labute approximate surface area is 103 Å². The highest BCUT2D eigenvalue weighted by Gasteiger charge is 2.14. The zero-order valence-electron chi connectivity index (χ0n) is 10.9. The van der Waals surface area contributed by atoms with Crippen LogP contribution in [-0.2, 0) is 14.3 Å². The van der Waals surface area contributed by atoms with Crippen molar-refractivity contribution in [3.05, 3.63) is 0 Å². The van der Waals surface area contributed by atoms with Gasteiger partial charge < -0.3 is 9.84 Å². The van der Waals surface area contributed by atoms with Crippen molar-refractivity contribution in [2.45, 2.75) is 71.3 Å². The van der Waals surface area contributed by atoms with E-state index < -0.39 is 5.97 Å². The molecule has 0 saturated heterocycles. The highest BCUT2D eigenvalue weighted by atomic mass is 16.5. The van der Waals surface area contributed by atoms with Crippen LogP contribution in [0.4, 0.5) is 0 Å². The Morgan fingerprint density at radius 3 is 2.29 bits per heavy atom. The number of esters is 1. The number of ether oxygens (including phenoxy) is 1. The highest BCUT2D eigenvalue weighted by Crippen LogP contribution is 2.13. The zero-order chi connectivity index (χ0) is 13.1. The van der Waals surface area contributed by atoms with Crippen molar-refractivity contribution in [3.8, 4) is 0 Å². The zero-order valence-corrected chi connectivity index (χ0v) is 10.9. The molecule has 0 unspecified atom stereocenters. The summed E-state index contributed by atoms with van der Waals surface area (Å²) >= 11 is 0. The minimum Gasteiger partial charge on any atom is -0.481 e. The summed E-state index contributed by atoms with van der Waals surface area (Å²) in [7, 11) is 0. The molecular weight excluding hydrogens is 220 g/mol. The number of unbranched alkanes of at least 4 members (excludes halogenated alkanes) is 2. The maximum atomic E-state index is 11.4. The molecule has 0 spiro atoms. The Balaban J connectivity index is 3.87. The second-order valence-electron chi connectivity index (χ2n) is 4.29. The lowest BCUT2D eigenvalue weighted by Gasteiger charge is -2.16. The first-order valence-corrected chi connectivity index (χ1v) is 6.51. The summed E-state index contributed by atoms with van der Waals surface area (Å²) in [5.74, 6) is -1.35. The van der Waals surface area contributed by atoms with E-state index in [0.717, 1.165) is 38.5 Å². The molecule has 0 aromatic heterocycles. The molecule has 0 saturated carbocycles. The highest BCUT2D eigenvalue weighted by molar-refractivity contribution is 5.76. The van der Waals surface area contributed by atoms with E-state index in [9.17, 15) is 9.59 Å².